The van der Waals surface area contributed by atoms with E-state index in [1.165, 1.54) is 0 Å². The number of rotatable bonds is 2. The molecule has 100 valence electrons. The zero-order valence-corrected chi connectivity index (χ0v) is 8.93. The lowest BCUT2D eigenvalue weighted by atomic mass is 10.0. The van der Waals surface area contributed by atoms with Crippen LogP contribution in [0.25, 0.3) is 0 Å². The van der Waals surface area contributed by atoms with Crippen LogP contribution >= 0.6 is 0 Å². The molecule has 0 saturated heterocycles. The average Bonchev–Trinajstić information content (AvgIpc) is 2.64. The van der Waals surface area contributed by atoms with Gasteiger partial charge in [-0.2, -0.15) is 13.2 Å². The fraction of sp³-hybridized carbons (Fsp3) is 0.200. The molecule has 0 fully saturated rings. The van der Waals surface area contributed by atoms with Crippen LogP contribution < -0.4 is 4.74 Å². The molecular weight excluding hydrogens is 271 g/mol. The number of benzene rings is 1. The monoisotopic (exact) mass is 275 g/mol. The van der Waals surface area contributed by atoms with E-state index in [1.54, 1.807) is 0 Å². The first-order chi connectivity index (χ1) is 8.71. The van der Waals surface area contributed by atoms with E-state index in [0.717, 1.165) is 18.2 Å². The minimum atomic E-state index is -5.21. The van der Waals surface area contributed by atoms with Crippen LogP contribution in [0.15, 0.2) is 18.2 Å². The average molecular weight is 275 g/mol. The van der Waals surface area contributed by atoms with E-state index in [9.17, 15) is 32.9 Å². The normalized spacial score (nSPS) is 17.8. The molecule has 0 spiro atoms. The second-order valence-corrected chi connectivity index (χ2v) is 3.66. The van der Waals surface area contributed by atoms with Gasteiger partial charge in [0.25, 0.3) is 11.5 Å². The Morgan fingerprint density at radius 3 is 2.53 bits per heavy atom. The highest BCUT2D eigenvalue weighted by molar-refractivity contribution is 6.18. The predicted molar refractivity (Wildman–Crippen MR) is 52.9 cm³/mol. The molecule has 0 N–H and O–H groups in total. The molecule has 0 amide bonds. The van der Waals surface area contributed by atoms with Crippen molar-refractivity contribution >= 4 is 17.3 Å². The van der Waals surface area contributed by atoms with Crippen LogP contribution in [0.4, 0.5) is 18.9 Å². The predicted octanol–water partition coefficient (Wildman–Crippen LogP) is 1.67. The van der Waals surface area contributed by atoms with Crippen LogP contribution in [-0.2, 0) is 4.79 Å². The van der Waals surface area contributed by atoms with Crippen molar-refractivity contribution in [1.29, 1.82) is 0 Å². The standard InChI is InChI=1S/C10H4F3NO5/c11-10(12,13)9(16)8-7(15)5-3-4(14(17)18)1-2-6(5)19-8/h1-3,8H. The number of halogens is 3. The number of ether oxygens (including phenoxy) is 1. The maximum absolute atomic E-state index is 12.2. The maximum Gasteiger partial charge on any atom is 0.454 e. The number of fused-ring (bicyclic) bond motifs is 1. The molecule has 1 atom stereocenters. The Labute approximate surface area is 102 Å². The smallest absolute Gasteiger partial charge is 0.454 e. The largest absolute Gasteiger partial charge is 0.473 e. The summed E-state index contributed by atoms with van der Waals surface area (Å²) in [5.41, 5.74) is -0.882. The quantitative estimate of drug-likeness (QED) is 0.465. The second kappa shape index (κ2) is 4.04. The van der Waals surface area contributed by atoms with Crippen molar-refractivity contribution < 1.29 is 32.4 Å². The minimum absolute atomic E-state index is 0.279. The van der Waals surface area contributed by atoms with Crippen LogP contribution in [0.2, 0.25) is 0 Å². The summed E-state index contributed by atoms with van der Waals surface area (Å²) in [7, 11) is 0. The van der Waals surface area contributed by atoms with Gasteiger partial charge in [-0.1, -0.05) is 0 Å². The Kier molecular flexibility index (Phi) is 2.76. The highest BCUT2D eigenvalue weighted by atomic mass is 19.4. The third kappa shape index (κ3) is 2.14. The highest BCUT2D eigenvalue weighted by Gasteiger charge is 2.51. The summed E-state index contributed by atoms with van der Waals surface area (Å²) in [5.74, 6) is -3.85. The lowest BCUT2D eigenvalue weighted by Crippen LogP contribution is -2.40. The van der Waals surface area contributed by atoms with Crippen LogP contribution in [0, 0.1) is 10.1 Å². The fourth-order valence-corrected chi connectivity index (χ4v) is 1.57. The van der Waals surface area contributed by atoms with Crippen LogP contribution in [0.5, 0.6) is 5.75 Å². The van der Waals surface area contributed by atoms with Crippen LogP contribution in [-0.4, -0.2) is 28.8 Å². The first kappa shape index (κ1) is 13.0. The topological polar surface area (TPSA) is 86.5 Å². The molecule has 0 radical (unpaired) electrons. The molecule has 19 heavy (non-hydrogen) atoms. The number of carbonyl (C=O) groups excluding carboxylic acids is 2. The van der Waals surface area contributed by atoms with Crippen molar-refractivity contribution in [3.8, 4) is 5.75 Å². The first-order valence-corrected chi connectivity index (χ1v) is 4.82. The van der Waals surface area contributed by atoms with E-state index in [0.29, 0.717) is 0 Å². The van der Waals surface area contributed by atoms with Gasteiger partial charge in [0.2, 0.25) is 11.9 Å². The van der Waals surface area contributed by atoms with Gasteiger partial charge in [0.15, 0.2) is 0 Å². The number of non-ortho nitro benzene ring substituents is 1. The van der Waals surface area contributed by atoms with Gasteiger partial charge in [0.05, 0.1) is 10.5 Å². The number of nitro benzene ring substituents is 1. The number of nitro groups is 1. The number of carbonyl (C=O) groups is 2. The van der Waals surface area contributed by atoms with E-state index in [1.807, 2.05) is 0 Å². The highest BCUT2D eigenvalue weighted by Crippen LogP contribution is 2.34. The summed E-state index contributed by atoms with van der Waals surface area (Å²) in [6, 6.07) is 2.73. The first-order valence-electron chi connectivity index (χ1n) is 4.82. The van der Waals surface area contributed by atoms with Gasteiger partial charge in [-0.3, -0.25) is 19.7 Å². The Bertz CT molecular complexity index is 595. The van der Waals surface area contributed by atoms with Crippen molar-refractivity contribution in [2.45, 2.75) is 12.3 Å². The zero-order valence-electron chi connectivity index (χ0n) is 8.93. The molecule has 0 bridgehead atoms. The van der Waals surface area contributed by atoms with Crippen molar-refractivity contribution in [3.63, 3.8) is 0 Å². The number of ketones is 2. The Morgan fingerprint density at radius 2 is 2.00 bits per heavy atom. The van der Waals surface area contributed by atoms with Gasteiger partial charge >= 0.3 is 6.18 Å². The van der Waals surface area contributed by atoms with Gasteiger partial charge in [-0.25, -0.2) is 0 Å². The van der Waals surface area contributed by atoms with Crippen molar-refractivity contribution in [2.24, 2.45) is 0 Å². The molecule has 0 saturated carbocycles. The molecule has 2 rings (SSSR count). The lowest BCUT2D eigenvalue weighted by Gasteiger charge is -2.10. The summed E-state index contributed by atoms with van der Waals surface area (Å²) >= 11 is 0. The molecule has 1 aliphatic rings. The Hall–Kier alpha value is -2.45. The third-order valence-corrected chi connectivity index (χ3v) is 2.44. The number of hydrogen-bond donors (Lipinski definition) is 0. The molecule has 1 unspecified atom stereocenters. The van der Waals surface area contributed by atoms with Crippen molar-refractivity contribution in [1.82, 2.24) is 0 Å². The number of alkyl halides is 3. The number of Topliss-reactive ketones (excluding diaryl/α,β-unsaturated/α-hetero) is 2. The Balaban J connectivity index is 2.37. The SMILES string of the molecule is O=C1c2cc([N+](=O)[O-])ccc2OC1C(=O)C(F)(F)F. The minimum Gasteiger partial charge on any atom is -0.473 e. The van der Waals surface area contributed by atoms with E-state index >= 15 is 0 Å². The molecular formula is C10H4F3NO5. The molecule has 1 aromatic carbocycles. The molecule has 0 aromatic heterocycles. The Morgan fingerprint density at radius 1 is 1.37 bits per heavy atom. The van der Waals surface area contributed by atoms with Gasteiger partial charge in [0.1, 0.15) is 5.75 Å². The van der Waals surface area contributed by atoms with Crippen LogP contribution in [0.3, 0.4) is 0 Å². The van der Waals surface area contributed by atoms with Crippen molar-refractivity contribution in [3.05, 3.63) is 33.9 Å². The molecule has 9 heteroatoms. The van der Waals surface area contributed by atoms with Crippen molar-refractivity contribution in [2.75, 3.05) is 0 Å². The van der Waals surface area contributed by atoms with Gasteiger partial charge < -0.3 is 4.74 Å². The fourth-order valence-electron chi connectivity index (χ4n) is 1.57. The maximum atomic E-state index is 12.2. The summed E-state index contributed by atoms with van der Waals surface area (Å²) in [6.45, 7) is 0. The molecule has 0 aliphatic carbocycles. The third-order valence-electron chi connectivity index (χ3n) is 2.44. The van der Waals surface area contributed by atoms with E-state index in [4.69, 9.17) is 0 Å². The number of hydrogen-bond acceptors (Lipinski definition) is 5. The van der Waals surface area contributed by atoms with Crippen LogP contribution in [0.1, 0.15) is 10.4 Å². The summed E-state index contributed by atoms with van der Waals surface area (Å²) < 4.78 is 41.2. The zero-order chi connectivity index (χ0) is 14.4. The van der Waals surface area contributed by atoms with E-state index in [2.05, 4.69) is 4.74 Å². The van der Waals surface area contributed by atoms with Gasteiger partial charge in [-0.05, 0) is 6.07 Å². The summed E-state index contributed by atoms with van der Waals surface area (Å²) in [5, 5.41) is 10.5. The van der Waals surface area contributed by atoms with Gasteiger partial charge in [0, 0.05) is 12.1 Å². The summed E-state index contributed by atoms with van der Waals surface area (Å²) in [6.07, 6.45) is -7.54. The van der Waals surface area contributed by atoms with Gasteiger partial charge in [-0.15, -0.1) is 0 Å². The lowest BCUT2D eigenvalue weighted by molar-refractivity contribution is -0.384. The van der Waals surface area contributed by atoms with E-state index in [-0.39, 0.29) is 5.75 Å². The second-order valence-electron chi connectivity index (χ2n) is 3.66. The molecule has 1 aromatic rings. The summed E-state index contributed by atoms with van der Waals surface area (Å²) in [4.78, 5) is 32.2. The molecule has 6 nitrogen and oxygen atoms in total. The van der Waals surface area contributed by atoms with E-state index < -0.39 is 40.0 Å². The molecule has 1 heterocycles. The molecule has 1 aliphatic heterocycles. The number of nitrogens with zero attached hydrogens (tertiary/aromatic N) is 1.